The predicted molar refractivity (Wildman–Crippen MR) is 124 cm³/mol. The van der Waals surface area contributed by atoms with Crippen molar-refractivity contribution >= 4 is 40.7 Å². The number of non-ortho nitro benzene ring substituents is 1. The number of carbonyl (C=O) groups is 3. The van der Waals surface area contributed by atoms with E-state index < -0.39 is 22.6 Å². The third-order valence-electron chi connectivity index (χ3n) is 4.62. The zero-order valence-corrected chi connectivity index (χ0v) is 18.3. The van der Waals surface area contributed by atoms with Crippen LogP contribution in [0.2, 0.25) is 5.02 Å². The molecule has 3 N–H and O–H groups in total. The molecule has 9 nitrogen and oxygen atoms in total. The molecule has 3 rings (SSSR count). The second-order valence-electron chi connectivity index (χ2n) is 6.97. The summed E-state index contributed by atoms with van der Waals surface area (Å²) in [5.41, 5.74) is 0.939. The van der Waals surface area contributed by atoms with Crippen LogP contribution in [0.25, 0.3) is 0 Å². The predicted octanol–water partition coefficient (Wildman–Crippen LogP) is 3.80. The number of anilines is 1. The Kier molecular flexibility index (Phi) is 7.88. The van der Waals surface area contributed by atoms with Crippen molar-refractivity contribution in [3.8, 4) is 0 Å². The summed E-state index contributed by atoms with van der Waals surface area (Å²) in [7, 11) is 0. The number of carbonyl (C=O) groups excluding carboxylic acids is 3. The van der Waals surface area contributed by atoms with Crippen LogP contribution in [0.3, 0.4) is 0 Å². The largest absolute Gasteiger partial charge is 0.350 e. The van der Waals surface area contributed by atoms with E-state index >= 15 is 0 Å². The second kappa shape index (κ2) is 11.0. The summed E-state index contributed by atoms with van der Waals surface area (Å²) < 4.78 is 13.0. The summed E-state index contributed by atoms with van der Waals surface area (Å²) in [5, 5.41) is 18.5. The van der Waals surface area contributed by atoms with Gasteiger partial charge in [-0.3, -0.25) is 24.5 Å². The topological polar surface area (TPSA) is 130 Å². The third-order valence-corrected chi connectivity index (χ3v) is 4.93. The lowest BCUT2D eigenvalue weighted by Gasteiger charge is -2.09. The average Bonchev–Trinajstić information content (AvgIpc) is 2.82. The molecule has 0 saturated carbocycles. The fourth-order valence-corrected chi connectivity index (χ4v) is 3.12. The van der Waals surface area contributed by atoms with Crippen LogP contribution in [0.1, 0.15) is 31.1 Å². The number of nitro groups is 1. The molecule has 0 spiro atoms. The molecule has 0 bridgehead atoms. The summed E-state index contributed by atoms with van der Waals surface area (Å²) in [6.45, 7) is 0.224. The van der Waals surface area contributed by atoms with Gasteiger partial charge in [0, 0.05) is 42.0 Å². The van der Waals surface area contributed by atoms with Crippen molar-refractivity contribution < 1.29 is 23.7 Å². The fraction of sp³-hybridized carbons (Fsp3) is 0.0870. The highest BCUT2D eigenvalue weighted by atomic mass is 35.5. The van der Waals surface area contributed by atoms with Gasteiger partial charge in [-0.2, -0.15) is 0 Å². The highest BCUT2D eigenvalue weighted by Crippen LogP contribution is 2.22. The number of benzene rings is 3. The van der Waals surface area contributed by atoms with Crippen LogP contribution in [0.4, 0.5) is 15.8 Å². The number of nitrogens with one attached hydrogen (secondary N) is 3. The molecule has 0 heterocycles. The third kappa shape index (κ3) is 6.36. The van der Waals surface area contributed by atoms with Crippen molar-refractivity contribution in [2.45, 2.75) is 0 Å². The SMILES string of the molecule is O=C(NCCNC(=O)c1ccc([N+](=O)[O-])cc1Cl)c1ccc(NC(=O)c2ccc(F)cc2)cc1. The molecule has 0 atom stereocenters. The maximum atomic E-state index is 13.0. The number of amides is 3. The standard InChI is InChI=1S/C23H18ClFN4O5/c24-20-13-18(29(33)34)9-10-19(20)23(32)27-12-11-26-21(30)14-3-7-17(8-4-14)28-22(31)15-1-5-16(25)6-2-15/h1-10,13H,11-12H2,(H,26,30)(H,27,32)(H,28,31). The maximum Gasteiger partial charge on any atom is 0.270 e. The van der Waals surface area contributed by atoms with E-state index in [0.29, 0.717) is 16.8 Å². The summed E-state index contributed by atoms with van der Waals surface area (Å²) in [6.07, 6.45) is 0. The number of hydrogen-bond acceptors (Lipinski definition) is 5. The summed E-state index contributed by atoms with van der Waals surface area (Å²) in [6, 6.07) is 14.8. The molecule has 11 heteroatoms. The molecule has 0 aliphatic rings. The van der Waals surface area contributed by atoms with Crippen molar-refractivity contribution in [2.24, 2.45) is 0 Å². The average molecular weight is 485 g/mol. The number of nitro benzene ring substituents is 1. The fourth-order valence-electron chi connectivity index (χ4n) is 2.86. The number of halogens is 2. The molecule has 0 radical (unpaired) electrons. The van der Waals surface area contributed by atoms with Crippen LogP contribution in [-0.4, -0.2) is 35.7 Å². The van der Waals surface area contributed by atoms with Gasteiger partial charge < -0.3 is 16.0 Å². The van der Waals surface area contributed by atoms with Crippen LogP contribution in [-0.2, 0) is 0 Å². The zero-order chi connectivity index (χ0) is 24.7. The molecule has 0 aliphatic heterocycles. The molecule has 0 aromatic heterocycles. The number of hydrogen-bond donors (Lipinski definition) is 3. The molecule has 3 amide bonds. The second-order valence-corrected chi connectivity index (χ2v) is 7.38. The van der Waals surface area contributed by atoms with Crippen LogP contribution in [0.5, 0.6) is 0 Å². The van der Waals surface area contributed by atoms with Crippen molar-refractivity contribution in [3.05, 3.63) is 104 Å². The van der Waals surface area contributed by atoms with Crippen LogP contribution in [0.15, 0.2) is 66.7 Å². The first-order valence-electron chi connectivity index (χ1n) is 9.92. The molecule has 0 aliphatic carbocycles. The van der Waals surface area contributed by atoms with Gasteiger partial charge in [-0.25, -0.2) is 4.39 Å². The molecule has 3 aromatic carbocycles. The smallest absolute Gasteiger partial charge is 0.270 e. The van der Waals surface area contributed by atoms with Gasteiger partial charge >= 0.3 is 0 Å². The first-order chi connectivity index (χ1) is 16.2. The normalized spacial score (nSPS) is 10.3. The Morgan fingerprint density at radius 1 is 0.824 bits per heavy atom. The molecule has 3 aromatic rings. The van der Waals surface area contributed by atoms with Crippen molar-refractivity contribution in [2.75, 3.05) is 18.4 Å². The molecular formula is C23H18ClFN4O5. The van der Waals surface area contributed by atoms with Crippen LogP contribution < -0.4 is 16.0 Å². The van der Waals surface area contributed by atoms with Gasteiger partial charge in [-0.1, -0.05) is 11.6 Å². The highest BCUT2D eigenvalue weighted by Gasteiger charge is 2.15. The van der Waals surface area contributed by atoms with Gasteiger partial charge in [0.1, 0.15) is 5.82 Å². The van der Waals surface area contributed by atoms with Crippen molar-refractivity contribution in [1.82, 2.24) is 10.6 Å². The minimum Gasteiger partial charge on any atom is -0.350 e. The first-order valence-corrected chi connectivity index (χ1v) is 10.3. The number of rotatable bonds is 8. The lowest BCUT2D eigenvalue weighted by atomic mass is 10.1. The molecule has 0 fully saturated rings. The van der Waals surface area contributed by atoms with Gasteiger partial charge in [0.15, 0.2) is 0 Å². The maximum absolute atomic E-state index is 13.0. The van der Waals surface area contributed by atoms with Gasteiger partial charge in [-0.05, 0) is 54.6 Å². The van der Waals surface area contributed by atoms with E-state index in [4.69, 9.17) is 11.6 Å². The summed E-state index contributed by atoms with van der Waals surface area (Å²) in [5.74, 6) is -1.78. The number of nitrogens with zero attached hydrogens (tertiary/aromatic N) is 1. The van der Waals surface area contributed by atoms with E-state index in [2.05, 4.69) is 16.0 Å². The first kappa shape index (κ1) is 24.3. The van der Waals surface area contributed by atoms with E-state index in [0.717, 1.165) is 6.07 Å². The summed E-state index contributed by atoms with van der Waals surface area (Å²) >= 11 is 5.92. The molecule has 0 saturated heterocycles. The quantitative estimate of drug-likeness (QED) is 0.254. The van der Waals surface area contributed by atoms with Crippen LogP contribution >= 0.6 is 11.6 Å². The highest BCUT2D eigenvalue weighted by molar-refractivity contribution is 6.34. The van der Waals surface area contributed by atoms with Gasteiger partial charge in [0.25, 0.3) is 23.4 Å². The summed E-state index contributed by atoms with van der Waals surface area (Å²) in [4.78, 5) is 46.7. The Morgan fingerprint density at radius 3 is 1.97 bits per heavy atom. The monoisotopic (exact) mass is 484 g/mol. The van der Waals surface area contributed by atoms with E-state index in [1.807, 2.05) is 0 Å². The molecule has 34 heavy (non-hydrogen) atoms. The lowest BCUT2D eigenvalue weighted by molar-refractivity contribution is -0.384. The van der Waals surface area contributed by atoms with E-state index in [1.165, 1.54) is 48.5 Å². The van der Waals surface area contributed by atoms with Crippen LogP contribution in [0, 0.1) is 15.9 Å². The van der Waals surface area contributed by atoms with E-state index in [-0.39, 0.29) is 35.3 Å². The molecule has 0 unspecified atom stereocenters. The van der Waals surface area contributed by atoms with Gasteiger partial charge in [-0.15, -0.1) is 0 Å². The molecular weight excluding hydrogens is 467 g/mol. The van der Waals surface area contributed by atoms with Crippen molar-refractivity contribution in [1.29, 1.82) is 0 Å². The Hall–Kier alpha value is -4.31. The Labute approximate surface area is 198 Å². The lowest BCUT2D eigenvalue weighted by Crippen LogP contribution is -2.34. The Morgan fingerprint density at radius 2 is 1.38 bits per heavy atom. The Bertz CT molecular complexity index is 1230. The van der Waals surface area contributed by atoms with Gasteiger partial charge in [0.2, 0.25) is 0 Å². The van der Waals surface area contributed by atoms with Crippen molar-refractivity contribution in [3.63, 3.8) is 0 Å². The van der Waals surface area contributed by atoms with E-state index in [1.54, 1.807) is 12.1 Å². The zero-order valence-electron chi connectivity index (χ0n) is 17.5. The van der Waals surface area contributed by atoms with E-state index in [9.17, 15) is 28.9 Å². The van der Waals surface area contributed by atoms with Gasteiger partial charge in [0.05, 0.1) is 15.5 Å². The minimum absolute atomic E-state index is 0.0534. The molecule has 174 valence electrons. The minimum atomic E-state index is -0.616. The Balaban J connectivity index is 1.46.